The van der Waals surface area contributed by atoms with E-state index in [9.17, 15) is 0 Å². The van der Waals surface area contributed by atoms with Crippen molar-refractivity contribution in [1.82, 2.24) is 15.1 Å². The van der Waals surface area contributed by atoms with E-state index in [1.165, 1.54) is 30.8 Å². The molecule has 0 saturated carbocycles. The molecule has 3 rings (SSSR count). The Hall–Kier alpha value is -1.10. The van der Waals surface area contributed by atoms with Crippen LogP contribution in [0.5, 0.6) is 5.75 Å². The largest absolute Gasteiger partial charge is 0.493 e. The van der Waals surface area contributed by atoms with Crippen molar-refractivity contribution in [3.8, 4) is 5.75 Å². The van der Waals surface area contributed by atoms with Gasteiger partial charge in [0, 0.05) is 38.6 Å². The van der Waals surface area contributed by atoms with E-state index in [1.54, 1.807) is 0 Å². The summed E-state index contributed by atoms with van der Waals surface area (Å²) < 4.78 is 5.55. The van der Waals surface area contributed by atoms with E-state index in [0.717, 1.165) is 38.3 Å². The maximum absolute atomic E-state index is 5.55. The van der Waals surface area contributed by atoms with Gasteiger partial charge in [-0.25, -0.2) is 0 Å². The number of hydrogen-bond donors (Lipinski definition) is 1. The lowest BCUT2D eigenvalue weighted by atomic mass is 10.1. The molecule has 21 heavy (non-hydrogen) atoms. The predicted molar refractivity (Wildman–Crippen MR) is 86.1 cm³/mol. The summed E-state index contributed by atoms with van der Waals surface area (Å²) in [6.07, 6.45) is 2.16. The number of likely N-dealkylation sites (N-methyl/N-ethyl adjacent to an activating group) is 2. The van der Waals surface area contributed by atoms with Gasteiger partial charge < -0.3 is 15.0 Å². The first-order valence-corrected chi connectivity index (χ1v) is 8.06. The third-order valence-electron chi connectivity index (χ3n) is 4.70. The smallest absolute Gasteiger partial charge is 0.122 e. The van der Waals surface area contributed by atoms with Gasteiger partial charge in [0.15, 0.2) is 0 Å². The van der Waals surface area contributed by atoms with Crippen LogP contribution in [-0.4, -0.2) is 69.3 Å². The number of fused-ring (bicyclic) bond motifs is 1. The second kappa shape index (κ2) is 6.77. The number of nitrogens with zero attached hydrogens (tertiary/aromatic N) is 2. The van der Waals surface area contributed by atoms with Gasteiger partial charge in [0.05, 0.1) is 6.61 Å². The molecule has 1 aromatic carbocycles. The van der Waals surface area contributed by atoms with Crippen molar-refractivity contribution in [2.45, 2.75) is 18.9 Å². The molecule has 0 aliphatic carbocycles. The maximum atomic E-state index is 5.55. The zero-order valence-electron chi connectivity index (χ0n) is 13.3. The van der Waals surface area contributed by atoms with Crippen LogP contribution in [0.1, 0.15) is 11.1 Å². The molecule has 2 aliphatic heterocycles. The molecule has 1 saturated heterocycles. The fourth-order valence-electron chi connectivity index (χ4n) is 3.22. The summed E-state index contributed by atoms with van der Waals surface area (Å²) in [4.78, 5) is 4.90. The fraction of sp³-hybridized carbons (Fsp3) is 0.647. The second-order valence-corrected chi connectivity index (χ2v) is 6.39. The van der Waals surface area contributed by atoms with Gasteiger partial charge in [-0.3, -0.25) is 4.90 Å². The number of piperazine rings is 1. The zero-order valence-corrected chi connectivity index (χ0v) is 13.3. The van der Waals surface area contributed by atoms with Crippen LogP contribution in [0.15, 0.2) is 18.2 Å². The highest BCUT2D eigenvalue weighted by Crippen LogP contribution is 2.25. The molecule has 1 fully saturated rings. The number of ether oxygens (including phenoxy) is 1. The maximum Gasteiger partial charge on any atom is 0.122 e. The standard InChI is InChI=1S/C17H27N3O/c1-19-8-9-20(2)16(13-19)12-18-7-5-14-3-4-17-15(11-14)6-10-21-17/h3-4,11,16,18H,5-10,12-13H2,1-2H3. The summed E-state index contributed by atoms with van der Waals surface area (Å²) in [7, 11) is 4.45. The van der Waals surface area contributed by atoms with Crippen molar-refractivity contribution < 1.29 is 4.74 Å². The quantitative estimate of drug-likeness (QED) is 0.819. The monoisotopic (exact) mass is 289 g/mol. The Labute approximate surface area is 128 Å². The Balaban J connectivity index is 1.42. The molecule has 1 aromatic rings. The summed E-state index contributed by atoms with van der Waals surface area (Å²) in [6, 6.07) is 7.27. The topological polar surface area (TPSA) is 27.7 Å². The lowest BCUT2D eigenvalue weighted by Gasteiger charge is -2.37. The molecule has 4 heteroatoms. The molecule has 0 aromatic heterocycles. The summed E-state index contributed by atoms with van der Waals surface area (Å²) in [5, 5.41) is 3.62. The molecule has 1 unspecified atom stereocenters. The number of hydrogen-bond acceptors (Lipinski definition) is 4. The zero-order chi connectivity index (χ0) is 14.7. The van der Waals surface area contributed by atoms with Crippen LogP contribution in [0.2, 0.25) is 0 Å². The van der Waals surface area contributed by atoms with Crippen LogP contribution in [0.3, 0.4) is 0 Å². The fourth-order valence-corrected chi connectivity index (χ4v) is 3.22. The SMILES string of the molecule is CN1CCN(C)C(CNCCc2ccc3c(c2)CCO3)C1. The van der Waals surface area contributed by atoms with Crippen LogP contribution in [0.25, 0.3) is 0 Å². The van der Waals surface area contributed by atoms with Gasteiger partial charge in [-0.1, -0.05) is 12.1 Å². The minimum absolute atomic E-state index is 0.636. The minimum atomic E-state index is 0.636. The van der Waals surface area contributed by atoms with Crippen molar-refractivity contribution in [2.75, 3.05) is 53.4 Å². The molecular weight excluding hydrogens is 262 g/mol. The molecule has 2 aliphatic rings. The van der Waals surface area contributed by atoms with E-state index >= 15 is 0 Å². The first-order chi connectivity index (χ1) is 10.2. The Morgan fingerprint density at radius 2 is 2.19 bits per heavy atom. The highest BCUT2D eigenvalue weighted by Gasteiger charge is 2.21. The Morgan fingerprint density at radius 3 is 3.10 bits per heavy atom. The van der Waals surface area contributed by atoms with Crippen molar-refractivity contribution in [3.05, 3.63) is 29.3 Å². The average Bonchev–Trinajstić information content (AvgIpc) is 2.94. The molecule has 0 radical (unpaired) electrons. The van der Waals surface area contributed by atoms with Gasteiger partial charge in [0.25, 0.3) is 0 Å². The first kappa shape index (κ1) is 14.8. The van der Waals surface area contributed by atoms with Crippen molar-refractivity contribution >= 4 is 0 Å². The van der Waals surface area contributed by atoms with Crippen LogP contribution >= 0.6 is 0 Å². The Kier molecular flexibility index (Phi) is 4.78. The van der Waals surface area contributed by atoms with Crippen LogP contribution in [0.4, 0.5) is 0 Å². The molecular formula is C17H27N3O. The molecule has 0 spiro atoms. The van der Waals surface area contributed by atoms with Crippen LogP contribution in [-0.2, 0) is 12.8 Å². The van der Waals surface area contributed by atoms with Gasteiger partial charge in [-0.15, -0.1) is 0 Å². The highest BCUT2D eigenvalue weighted by atomic mass is 16.5. The van der Waals surface area contributed by atoms with Crippen molar-refractivity contribution in [3.63, 3.8) is 0 Å². The van der Waals surface area contributed by atoms with E-state index in [1.807, 2.05) is 0 Å². The number of nitrogens with one attached hydrogen (secondary N) is 1. The summed E-state index contributed by atoms with van der Waals surface area (Å²) in [6.45, 7) is 6.50. The molecule has 116 valence electrons. The summed E-state index contributed by atoms with van der Waals surface area (Å²) in [5.74, 6) is 1.08. The van der Waals surface area contributed by atoms with E-state index in [-0.39, 0.29) is 0 Å². The van der Waals surface area contributed by atoms with E-state index in [4.69, 9.17) is 4.74 Å². The van der Waals surface area contributed by atoms with E-state index in [2.05, 4.69) is 47.4 Å². The molecule has 1 atom stereocenters. The molecule has 0 amide bonds. The summed E-state index contributed by atoms with van der Waals surface area (Å²) in [5.41, 5.74) is 2.79. The average molecular weight is 289 g/mol. The second-order valence-electron chi connectivity index (χ2n) is 6.39. The predicted octanol–water partition coefficient (Wildman–Crippen LogP) is 0.999. The molecule has 0 bridgehead atoms. The molecule has 1 N–H and O–H groups in total. The third-order valence-corrected chi connectivity index (χ3v) is 4.70. The first-order valence-electron chi connectivity index (χ1n) is 8.06. The van der Waals surface area contributed by atoms with Gasteiger partial charge in [-0.05, 0) is 44.3 Å². The highest BCUT2D eigenvalue weighted by molar-refractivity contribution is 5.39. The van der Waals surface area contributed by atoms with Crippen LogP contribution in [0, 0.1) is 0 Å². The molecule has 4 nitrogen and oxygen atoms in total. The van der Waals surface area contributed by atoms with Gasteiger partial charge in [0.1, 0.15) is 5.75 Å². The van der Waals surface area contributed by atoms with Crippen molar-refractivity contribution in [2.24, 2.45) is 0 Å². The van der Waals surface area contributed by atoms with Gasteiger partial charge in [0.2, 0.25) is 0 Å². The van der Waals surface area contributed by atoms with Crippen LogP contribution < -0.4 is 10.1 Å². The lowest BCUT2D eigenvalue weighted by Crippen LogP contribution is -2.53. The normalized spacial score (nSPS) is 23.0. The van der Waals surface area contributed by atoms with E-state index in [0.29, 0.717) is 6.04 Å². The van der Waals surface area contributed by atoms with Gasteiger partial charge >= 0.3 is 0 Å². The Bertz CT molecular complexity index is 477. The third kappa shape index (κ3) is 3.76. The molecule has 2 heterocycles. The minimum Gasteiger partial charge on any atom is -0.493 e. The van der Waals surface area contributed by atoms with Gasteiger partial charge in [-0.2, -0.15) is 0 Å². The number of benzene rings is 1. The summed E-state index contributed by atoms with van der Waals surface area (Å²) >= 11 is 0. The lowest BCUT2D eigenvalue weighted by molar-refractivity contribution is 0.113. The van der Waals surface area contributed by atoms with E-state index < -0.39 is 0 Å². The number of rotatable bonds is 5. The Morgan fingerprint density at radius 1 is 1.29 bits per heavy atom. The van der Waals surface area contributed by atoms with Crippen molar-refractivity contribution in [1.29, 1.82) is 0 Å².